The van der Waals surface area contributed by atoms with Gasteiger partial charge in [-0.05, 0) is 6.92 Å². The number of hydrogen-bond donors (Lipinski definition) is 1. The highest BCUT2D eigenvalue weighted by atomic mass is 16.6. The van der Waals surface area contributed by atoms with Crippen LogP contribution in [-0.2, 0) is 0 Å². The second-order valence-corrected chi connectivity index (χ2v) is 3.17. The molecule has 1 aromatic carbocycles. The van der Waals surface area contributed by atoms with Gasteiger partial charge in [-0.15, -0.1) is 0 Å². The lowest BCUT2D eigenvalue weighted by Gasteiger charge is -1.98. The highest BCUT2D eigenvalue weighted by molar-refractivity contribution is 5.64. The van der Waals surface area contributed by atoms with Crippen molar-refractivity contribution in [2.24, 2.45) is 0 Å². The third kappa shape index (κ3) is 1.71. The van der Waals surface area contributed by atoms with E-state index in [1.165, 1.54) is 12.1 Å². The molecule has 0 fully saturated rings. The fraction of sp³-hybridized carbons (Fsp3) is 0.100. The molecule has 0 aliphatic heterocycles. The van der Waals surface area contributed by atoms with E-state index in [0.717, 1.165) is 17.0 Å². The van der Waals surface area contributed by atoms with E-state index in [9.17, 15) is 10.1 Å². The second kappa shape index (κ2) is 3.53. The number of hydrogen-bond acceptors (Lipinski definition) is 3. The van der Waals surface area contributed by atoms with E-state index in [1.807, 2.05) is 13.0 Å². The minimum Gasteiger partial charge on any atom is -0.344 e. The summed E-state index contributed by atoms with van der Waals surface area (Å²) in [6, 6.07) is 6.47. The number of imidazole rings is 1. The summed E-state index contributed by atoms with van der Waals surface area (Å²) in [5.74, 6) is 0. The van der Waals surface area contributed by atoms with Gasteiger partial charge in [0.2, 0.25) is 0 Å². The fourth-order valence-corrected chi connectivity index (χ4v) is 1.43. The Kier molecular flexibility index (Phi) is 2.21. The van der Waals surface area contributed by atoms with Crippen molar-refractivity contribution in [1.82, 2.24) is 9.97 Å². The predicted molar refractivity (Wildman–Crippen MR) is 55.4 cm³/mol. The predicted octanol–water partition coefficient (Wildman–Crippen LogP) is 2.29. The largest absolute Gasteiger partial charge is 0.344 e. The molecule has 0 amide bonds. The van der Waals surface area contributed by atoms with Gasteiger partial charge in [-0.2, -0.15) is 0 Å². The maximum atomic E-state index is 10.6. The van der Waals surface area contributed by atoms with Crippen molar-refractivity contribution in [3.05, 3.63) is 46.4 Å². The van der Waals surface area contributed by atoms with E-state index < -0.39 is 4.92 Å². The van der Waals surface area contributed by atoms with Crippen LogP contribution in [0.1, 0.15) is 5.69 Å². The molecule has 0 aliphatic carbocycles. The highest BCUT2D eigenvalue weighted by Gasteiger charge is 2.09. The van der Waals surface area contributed by atoms with Gasteiger partial charge < -0.3 is 4.98 Å². The molecule has 0 spiro atoms. The Hall–Kier alpha value is -2.17. The van der Waals surface area contributed by atoms with E-state index in [-0.39, 0.29) is 5.69 Å². The van der Waals surface area contributed by atoms with Crippen LogP contribution >= 0.6 is 0 Å². The van der Waals surface area contributed by atoms with Crippen molar-refractivity contribution in [3.8, 4) is 11.3 Å². The number of aromatic nitrogens is 2. The van der Waals surface area contributed by atoms with Crippen LogP contribution in [0.4, 0.5) is 5.69 Å². The third-order valence-electron chi connectivity index (χ3n) is 2.17. The number of H-pyrrole nitrogens is 1. The molecule has 2 rings (SSSR count). The number of nitro groups is 1. The monoisotopic (exact) mass is 203 g/mol. The van der Waals surface area contributed by atoms with Crippen molar-refractivity contribution < 1.29 is 4.92 Å². The van der Waals surface area contributed by atoms with Crippen LogP contribution in [0.2, 0.25) is 0 Å². The molecule has 1 aromatic heterocycles. The molecule has 1 heterocycles. The van der Waals surface area contributed by atoms with Gasteiger partial charge in [-0.1, -0.05) is 12.1 Å². The standard InChI is InChI=1S/C10H9N3O2/c1-7-10(12-6-11-7)8-3-2-4-9(5-8)13(14)15/h2-6H,1H3,(H,11,12). The van der Waals surface area contributed by atoms with Gasteiger partial charge in [0.15, 0.2) is 0 Å². The third-order valence-corrected chi connectivity index (χ3v) is 2.17. The molecule has 0 saturated heterocycles. The molecule has 0 saturated carbocycles. The average Bonchev–Trinajstić information content (AvgIpc) is 2.64. The minimum absolute atomic E-state index is 0.0847. The zero-order valence-corrected chi connectivity index (χ0v) is 8.10. The minimum atomic E-state index is -0.408. The van der Waals surface area contributed by atoms with E-state index in [1.54, 1.807) is 12.4 Å². The summed E-state index contributed by atoms with van der Waals surface area (Å²) in [6.07, 6.45) is 1.57. The lowest BCUT2D eigenvalue weighted by molar-refractivity contribution is -0.384. The van der Waals surface area contributed by atoms with Gasteiger partial charge in [0, 0.05) is 17.7 Å². The maximum Gasteiger partial charge on any atom is 0.270 e. The number of aryl methyl sites for hydroxylation is 1. The normalized spacial score (nSPS) is 10.2. The van der Waals surface area contributed by atoms with Crippen LogP contribution in [-0.4, -0.2) is 14.9 Å². The lowest BCUT2D eigenvalue weighted by atomic mass is 10.1. The van der Waals surface area contributed by atoms with Gasteiger partial charge in [0.05, 0.1) is 22.6 Å². The number of benzene rings is 1. The zero-order valence-electron chi connectivity index (χ0n) is 8.10. The van der Waals surface area contributed by atoms with Crippen molar-refractivity contribution in [2.45, 2.75) is 6.92 Å². The van der Waals surface area contributed by atoms with Crippen LogP contribution in [0.3, 0.4) is 0 Å². The molecule has 0 aliphatic rings. The Morgan fingerprint density at radius 1 is 1.47 bits per heavy atom. The Morgan fingerprint density at radius 2 is 2.27 bits per heavy atom. The quantitative estimate of drug-likeness (QED) is 0.601. The average molecular weight is 203 g/mol. The number of aromatic amines is 1. The molecule has 0 unspecified atom stereocenters. The van der Waals surface area contributed by atoms with Gasteiger partial charge in [-0.25, -0.2) is 4.98 Å². The van der Waals surface area contributed by atoms with Gasteiger partial charge in [0.1, 0.15) is 0 Å². The molecular formula is C10H9N3O2. The summed E-state index contributed by atoms with van der Waals surface area (Å²) < 4.78 is 0. The number of nitrogens with zero attached hydrogens (tertiary/aromatic N) is 2. The number of nitro benzene ring substituents is 1. The Bertz CT molecular complexity index is 505. The fourth-order valence-electron chi connectivity index (χ4n) is 1.43. The summed E-state index contributed by atoms with van der Waals surface area (Å²) in [4.78, 5) is 17.2. The maximum absolute atomic E-state index is 10.6. The second-order valence-electron chi connectivity index (χ2n) is 3.17. The Morgan fingerprint density at radius 3 is 2.87 bits per heavy atom. The molecule has 5 heteroatoms. The van der Waals surface area contributed by atoms with Crippen molar-refractivity contribution >= 4 is 5.69 Å². The number of non-ortho nitro benzene ring substituents is 1. The molecule has 2 aromatic rings. The number of nitrogens with one attached hydrogen (secondary N) is 1. The molecule has 15 heavy (non-hydrogen) atoms. The number of rotatable bonds is 2. The van der Waals surface area contributed by atoms with Crippen LogP contribution < -0.4 is 0 Å². The first kappa shape index (κ1) is 9.39. The summed E-state index contributed by atoms with van der Waals surface area (Å²) in [5.41, 5.74) is 2.51. The van der Waals surface area contributed by atoms with Crippen molar-refractivity contribution in [2.75, 3.05) is 0 Å². The molecule has 0 radical (unpaired) electrons. The molecule has 76 valence electrons. The molecule has 1 N–H and O–H groups in total. The SMILES string of the molecule is Cc1nc[nH]c1-c1cccc([N+](=O)[O-])c1. The van der Waals surface area contributed by atoms with E-state index in [4.69, 9.17) is 0 Å². The Labute approximate surface area is 85.9 Å². The van der Waals surface area contributed by atoms with Crippen LogP contribution in [0.5, 0.6) is 0 Å². The van der Waals surface area contributed by atoms with Crippen LogP contribution in [0.25, 0.3) is 11.3 Å². The first-order valence-electron chi connectivity index (χ1n) is 4.43. The van der Waals surface area contributed by atoms with Crippen molar-refractivity contribution in [3.63, 3.8) is 0 Å². The topological polar surface area (TPSA) is 71.8 Å². The summed E-state index contributed by atoms with van der Waals surface area (Å²) in [7, 11) is 0. The first-order chi connectivity index (χ1) is 7.18. The van der Waals surface area contributed by atoms with Gasteiger partial charge in [0.25, 0.3) is 5.69 Å². The van der Waals surface area contributed by atoms with Gasteiger partial charge in [-0.3, -0.25) is 10.1 Å². The van der Waals surface area contributed by atoms with Crippen molar-refractivity contribution in [1.29, 1.82) is 0 Å². The van der Waals surface area contributed by atoms with Crippen LogP contribution in [0.15, 0.2) is 30.6 Å². The van der Waals surface area contributed by atoms with E-state index in [2.05, 4.69) is 9.97 Å². The molecular weight excluding hydrogens is 194 g/mol. The summed E-state index contributed by atoms with van der Waals surface area (Å²) >= 11 is 0. The highest BCUT2D eigenvalue weighted by Crippen LogP contribution is 2.23. The van der Waals surface area contributed by atoms with Crippen LogP contribution in [0, 0.1) is 17.0 Å². The summed E-state index contributed by atoms with van der Waals surface area (Å²) in [5, 5.41) is 10.6. The Balaban J connectivity index is 2.50. The first-order valence-corrected chi connectivity index (χ1v) is 4.43. The van der Waals surface area contributed by atoms with E-state index in [0.29, 0.717) is 0 Å². The molecule has 5 nitrogen and oxygen atoms in total. The van der Waals surface area contributed by atoms with E-state index >= 15 is 0 Å². The molecule has 0 atom stereocenters. The smallest absolute Gasteiger partial charge is 0.270 e. The molecule has 0 bridgehead atoms. The van der Waals surface area contributed by atoms with Gasteiger partial charge >= 0.3 is 0 Å². The lowest BCUT2D eigenvalue weighted by Crippen LogP contribution is -1.88. The summed E-state index contributed by atoms with van der Waals surface area (Å²) in [6.45, 7) is 1.85. The zero-order chi connectivity index (χ0) is 10.8.